The molecule has 0 radical (unpaired) electrons. The molecule has 0 unspecified atom stereocenters. The molecule has 3 nitrogen and oxygen atoms in total. The highest BCUT2D eigenvalue weighted by Gasteiger charge is 2.12. The van der Waals surface area contributed by atoms with E-state index in [1.54, 1.807) is 0 Å². The smallest absolute Gasteiger partial charge is 0.231 e. The first-order valence-electron chi connectivity index (χ1n) is 5.07. The SMILES string of the molecule is BrCC=CCOCc1ccc2c(c1)OCO2. The summed E-state index contributed by atoms with van der Waals surface area (Å²) in [6.07, 6.45) is 4.00. The van der Waals surface area contributed by atoms with Crippen LogP contribution in [0.5, 0.6) is 11.5 Å². The molecule has 0 saturated heterocycles. The molecule has 0 aliphatic carbocycles. The molecule has 0 bridgehead atoms. The van der Waals surface area contributed by atoms with E-state index in [2.05, 4.69) is 15.9 Å². The lowest BCUT2D eigenvalue weighted by Gasteiger charge is -2.03. The molecule has 4 heteroatoms. The number of hydrogen-bond acceptors (Lipinski definition) is 3. The minimum absolute atomic E-state index is 0.313. The van der Waals surface area contributed by atoms with Crippen LogP contribution in [0.15, 0.2) is 30.4 Å². The van der Waals surface area contributed by atoms with Gasteiger partial charge in [-0.2, -0.15) is 0 Å². The minimum Gasteiger partial charge on any atom is -0.454 e. The molecule has 0 fully saturated rings. The molecule has 0 spiro atoms. The summed E-state index contributed by atoms with van der Waals surface area (Å²) >= 11 is 3.31. The molecule has 0 atom stereocenters. The van der Waals surface area contributed by atoms with Crippen molar-refractivity contribution >= 4 is 15.9 Å². The highest BCUT2D eigenvalue weighted by molar-refractivity contribution is 9.09. The minimum atomic E-state index is 0.313. The number of benzene rings is 1. The van der Waals surface area contributed by atoms with Crippen LogP contribution in [0.4, 0.5) is 0 Å². The van der Waals surface area contributed by atoms with Crippen molar-refractivity contribution < 1.29 is 14.2 Å². The lowest BCUT2D eigenvalue weighted by Crippen LogP contribution is -1.93. The predicted molar refractivity (Wildman–Crippen MR) is 65.2 cm³/mol. The highest BCUT2D eigenvalue weighted by atomic mass is 79.9. The summed E-state index contributed by atoms with van der Waals surface area (Å²) in [7, 11) is 0. The van der Waals surface area contributed by atoms with Crippen LogP contribution >= 0.6 is 15.9 Å². The van der Waals surface area contributed by atoms with Crippen molar-refractivity contribution in [3.05, 3.63) is 35.9 Å². The monoisotopic (exact) mass is 284 g/mol. The summed E-state index contributed by atoms with van der Waals surface area (Å²) in [4.78, 5) is 0. The molecule has 0 saturated carbocycles. The normalized spacial score (nSPS) is 13.6. The average molecular weight is 285 g/mol. The number of rotatable bonds is 5. The van der Waals surface area contributed by atoms with Gasteiger partial charge in [0.1, 0.15) is 0 Å². The third-order valence-corrected chi connectivity index (χ3v) is 2.55. The fraction of sp³-hybridized carbons (Fsp3) is 0.333. The first-order valence-corrected chi connectivity index (χ1v) is 6.19. The lowest BCUT2D eigenvalue weighted by molar-refractivity contribution is 0.148. The zero-order chi connectivity index (χ0) is 11.2. The van der Waals surface area contributed by atoms with Crippen LogP contribution in [0.25, 0.3) is 0 Å². The van der Waals surface area contributed by atoms with Crippen molar-refractivity contribution in [1.82, 2.24) is 0 Å². The summed E-state index contributed by atoms with van der Waals surface area (Å²) in [5, 5.41) is 0.861. The Balaban J connectivity index is 1.83. The molecular formula is C12H13BrO3. The van der Waals surface area contributed by atoms with Gasteiger partial charge in [-0.25, -0.2) is 0 Å². The Labute approximate surface area is 103 Å². The van der Waals surface area contributed by atoms with E-state index in [-0.39, 0.29) is 0 Å². The Kier molecular flexibility index (Phi) is 4.25. The van der Waals surface area contributed by atoms with Gasteiger partial charge in [0.05, 0.1) is 13.2 Å². The van der Waals surface area contributed by atoms with Gasteiger partial charge in [-0.1, -0.05) is 34.1 Å². The molecule has 16 heavy (non-hydrogen) atoms. The summed E-state index contributed by atoms with van der Waals surface area (Å²) in [6.45, 7) is 1.52. The topological polar surface area (TPSA) is 27.7 Å². The second-order valence-electron chi connectivity index (χ2n) is 3.33. The van der Waals surface area contributed by atoms with Crippen LogP contribution in [0, 0.1) is 0 Å². The molecule has 1 aromatic rings. The van der Waals surface area contributed by atoms with Crippen LogP contribution in [0.1, 0.15) is 5.56 Å². The molecule has 1 aromatic carbocycles. The second-order valence-corrected chi connectivity index (χ2v) is 3.98. The van der Waals surface area contributed by atoms with E-state index in [1.165, 1.54) is 0 Å². The maximum atomic E-state index is 5.48. The fourth-order valence-corrected chi connectivity index (χ4v) is 1.67. The number of hydrogen-bond donors (Lipinski definition) is 0. The summed E-state index contributed by atoms with van der Waals surface area (Å²) < 4.78 is 16.0. The maximum absolute atomic E-state index is 5.48. The van der Waals surface area contributed by atoms with E-state index >= 15 is 0 Å². The highest BCUT2D eigenvalue weighted by Crippen LogP contribution is 2.32. The van der Waals surface area contributed by atoms with Crippen LogP contribution in [0.2, 0.25) is 0 Å². The Bertz CT molecular complexity index is 377. The van der Waals surface area contributed by atoms with E-state index in [1.807, 2.05) is 30.4 Å². The standard InChI is InChI=1S/C12H13BrO3/c13-5-1-2-6-14-8-10-3-4-11-12(7-10)16-9-15-11/h1-4,7H,5-6,8-9H2. The lowest BCUT2D eigenvalue weighted by atomic mass is 10.2. The maximum Gasteiger partial charge on any atom is 0.231 e. The van der Waals surface area contributed by atoms with E-state index < -0.39 is 0 Å². The molecular weight excluding hydrogens is 272 g/mol. The van der Waals surface area contributed by atoms with Crippen LogP contribution in [0.3, 0.4) is 0 Å². The Hall–Kier alpha value is -1.00. The van der Waals surface area contributed by atoms with Gasteiger partial charge in [0, 0.05) is 5.33 Å². The Morgan fingerprint density at radius 3 is 3.00 bits per heavy atom. The first-order chi connectivity index (χ1) is 7.90. The summed E-state index contributed by atoms with van der Waals surface area (Å²) in [5.41, 5.74) is 1.09. The van der Waals surface area contributed by atoms with Gasteiger partial charge in [0.2, 0.25) is 6.79 Å². The van der Waals surface area contributed by atoms with Crippen molar-refractivity contribution in [2.75, 3.05) is 18.7 Å². The molecule has 1 aliphatic rings. The van der Waals surface area contributed by atoms with Gasteiger partial charge >= 0.3 is 0 Å². The number of ether oxygens (including phenoxy) is 3. The zero-order valence-electron chi connectivity index (χ0n) is 8.82. The Morgan fingerprint density at radius 1 is 1.25 bits per heavy atom. The van der Waals surface area contributed by atoms with Gasteiger partial charge in [-0.15, -0.1) is 0 Å². The zero-order valence-corrected chi connectivity index (χ0v) is 10.4. The van der Waals surface area contributed by atoms with Crippen molar-refractivity contribution in [1.29, 1.82) is 0 Å². The number of allylic oxidation sites excluding steroid dienone is 1. The first kappa shape index (κ1) is 11.5. The van der Waals surface area contributed by atoms with E-state index in [0.29, 0.717) is 20.0 Å². The number of fused-ring (bicyclic) bond motifs is 1. The molecule has 0 amide bonds. The number of halogens is 1. The quantitative estimate of drug-likeness (QED) is 0.473. The Morgan fingerprint density at radius 2 is 2.12 bits per heavy atom. The molecule has 0 N–H and O–H groups in total. The van der Waals surface area contributed by atoms with Crippen LogP contribution in [-0.2, 0) is 11.3 Å². The second kappa shape index (κ2) is 5.92. The summed E-state index contributed by atoms with van der Waals surface area (Å²) in [5.74, 6) is 1.61. The van der Waals surface area contributed by atoms with Crippen molar-refractivity contribution in [3.63, 3.8) is 0 Å². The van der Waals surface area contributed by atoms with E-state index in [9.17, 15) is 0 Å². The molecule has 1 heterocycles. The molecule has 0 aromatic heterocycles. The molecule has 2 rings (SSSR count). The van der Waals surface area contributed by atoms with Gasteiger partial charge in [-0.05, 0) is 17.7 Å². The van der Waals surface area contributed by atoms with Crippen molar-refractivity contribution in [3.8, 4) is 11.5 Å². The third kappa shape index (κ3) is 3.00. The largest absolute Gasteiger partial charge is 0.454 e. The van der Waals surface area contributed by atoms with Gasteiger partial charge in [0.15, 0.2) is 11.5 Å². The fourth-order valence-electron chi connectivity index (χ4n) is 1.41. The van der Waals surface area contributed by atoms with Crippen LogP contribution < -0.4 is 9.47 Å². The van der Waals surface area contributed by atoms with Crippen molar-refractivity contribution in [2.24, 2.45) is 0 Å². The molecule has 86 valence electrons. The molecule has 1 aliphatic heterocycles. The third-order valence-electron chi connectivity index (χ3n) is 2.18. The summed E-state index contributed by atoms with van der Waals surface area (Å²) in [6, 6.07) is 5.85. The van der Waals surface area contributed by atoms with Crippen molar-refractivity contribution in [2.45, 2.75) is 6.61 Å². The van der Waals surface area contributed by atoms with Crippen LogP contribution in [-0.4, -0.2) is 18.7 Å². The number of alkyl halides is 1. The van der Waals surface area contributed by atoms with E-state index in [0.717, 1.165) is 22.4 Å². The average Bonchev–Trinajstić information content (AvgIpc) is 2.76. The van der Waals surface area contributed by atoms with Gasteiger partial charge in [0.25, 0.3) is 0 Å². The van der Waals surface area contributed by atoms with Gasteiger partial charge in [-0.3, -0.25) is 0 Å². The van der Waals surface area contributed by atoms with Gasteiger partial charge < -0.3 is 14.2 Å². The predicted octanol–water partition coefficient (Wildman–Crippen LogP) is 2.88. The van der Waals surface area contributed by atoms with E-state index in [4.69, 9.17) is 14.2 Å².